The molecule has 0 aromatic carbocycles. The van der Waals surface area contributed by atoms with E-state index in [0.717, 1.165) is 13.1 Å². The van der Waals surface area contributed by atoms with E-state index in [4.69, 9.17) is 0 Å². The first-order chi connectivity index (χ1) is 11.3. The minimum atomic E-state index is -0.323. The summed E-state index contributed by atoms with van der Waals surface area (Å²) in [5.74, 6) is 0.609. The van der Waals surface area contributed by atoms with Crippen LogP contribution in [0.1, 0.15) is 62.6 Å². The molecule has 0 radical (unpaired) electrons. The van der Waals surface area contributed by atoms with Gasteiger partial charge in [-0.15, -0.1) is 0 Å². The number of aliphatic hydroxyl groups is 1. The molecule has 1 aliphatic carbocycles. The van der Waals surface area contributed by atoms with Crippen LogP contribution in [0, 0.1) is 0 Å². The molecule has 1 saturated heterocycles. The molecule has 1 N–H and O–H groups in total. The molecule has 0 bridgehead atoms. The van der Waals surface area contributed by atoms with Crippen LogP contribution in [0.25, 0.3) is 0 Å². The zero-order valence-electron chi connectivity index (χ0n) is 15.3. The second kappa shape index (κ2) is 6.48. The normalized spacial score (nSPS) is 21.1. The molecule has 1 aromatic rings. The molecular weight excluding hydrogens is 304 g/mol. The molecule has 1 amide bonds. The van der Waals surface area contributed by atoms with Crippen LogP contribution in [0.4, 0.5) is 0 Å². The number of hydrogen-bond donors (Lipinski definition) is 1. The molecule has 3 rings (SSSR count). The second-order valence-electron chi connectivity index (χ2n) is 8.25. The Morgan fingerprint density at radius 2 is 1.92 bits per heavy atom. The van der Waals surface area contributed by atoms with E-state index in [1.54, 1.807) is 6.92 Å². The van der Waals surface area contributed by atoms with Crippen molar-refractivity contribution in [2.75, 3.05) is 32.7 Å². The zero-order valence-corrected chi connectivity index (χ0v) is 15.3. The fourth-order valence-corrected chi connectivity index (χ4v) is 3.38. The number of nitrogens with zero attached hydrogens (tertiary/aromatic N) is 4. The molecule has 134 valence electrons. The molecule has 1 saturated carbocycles. The molecule has 24 heavy (non-hydrogen) atoms. The van der Waals surface area contributed by atoms with Gasteiger partial charge in [-0.25, -0.2) is 0 Å². The SMILES string of the molecule is C[C@@H](O)CN1CCN(C(=O)c2cc(C3CC3)n(C(C)(C)C)n2)CC1. The highest BCUT2D eigenvalue weighted by molar-refractivity contribution is 5.92. The lowest BCUT2D eigenvalue weighted by Crippen LogP contribution is -2.50. The Hall–Kier alpha value is -1.40. The first-order valence-corrected chi connectivity index (χ1v) is 9.06. The number of piperazine rings is 1. The first kappa shape index (κ1) is 17.4. The van der Waals surface area contributed by atoms with Crippen LogP contribution in [0.5, 0.6) is 0 Å². The lowest BCUT2D eigenvalue weighted by molar-refractivity contribution is 0.0548. The van der Waals surface area contributed by atoms with Crippen LogP contribution in [-0.4, -0.2) is 69.4 Å². The van der Waals surface area contributed by atoms with Crippen molar-refractivity contribution in [3.63, 3.8) is 0 Å². The number of β-amino-alcohol motifs (C(OH)–C–C–N with tert-alkyl or cyclic N) is 1. The van der Waals surface area contributed by atoms with Crippen molar-refractivity contribution in [3.05, 3.63) is 17.5 Å². The summed E-state index contributed by atoms with van der Waals surface area (Å²) in [7, 11) is 0. The summed E-state index contributed by atoms with van der Waals surface area (Å²) in [6.45, 7) is 11.9. The molecule has 0 unspecified atom stereocenters. The highest BCUT2D eigenvalue weighted by Crippen LogP contribution is 2.41. The van der Waals surface area contributed by atoms with Crippen molar-refractivity contribution in [1.82, 2.24) is 19.6 Å². The summed E-state index contributed by atoms with van der Waals surface area (Å²) in [6, 6.07) is 2.01. The van der Waals surface area contributed by atoms with Crippen molar-refractivity contribution in [3.8, 4) is 0 Å². The van der Waals surface area contributed by atoms with E-state index in [1.807, 2.05) is 15.6 Å². The quantitative estimate of drug-likeness (QED) is 0.909. The molecule has 2 aliphatic rings. The first-order valence-electron chi connectivity index (χ1n) is 9.06. The molecule has 2 heterocycles. The standard InChI is InChI=1S/C18H30N4O2/c1-13(23)12-20-7-9-21(10-8-20)17(24)15-11-16(14-5-6-14)22(19-15)18(2,3)4/h11,13-14,23H,5-10,12H2,1-4H3/t13-/m1/s1. The maximum atomic E-state index is 12.8. The number of amides is 1. The summed E-state index contributed by atoms with van der Waals surface area (Å²) in [6.07, 6.45) is 2.08. The van der Waals surface area contributed by atoms with Gasteiger partial charge in [0.05, 0.1) is 11.6 Å². The molecule has 6 nitrogen and oxygen atoms in total. The van der Waals surface area contributed by atoms with Gasteiger partial charge in [-0.3, -0.25) is 14.4 Å². The maximum Gasteiger partial charge on any atom is 0.274 e. The van der Waals surface area contributed by atoms with Crippen LogP contribution in [0.2, 0.25) is 0 Å². The Morgan fingerprint density at radius 1 is 1.29 bits per heavy atom. The predicted molar refractivity (Wildman–Crippen MR) is 93.2 cm³/mol. The van der Waals surface area contributed by atoms with Gasteiger partial charge in [-0.2, -0.15) is 5.10 Å². The van der Waals surface area contributed by atoms with Gasteiger partial charge < -0.3 is 10.0 Å². The fourth-order valence-electron chi connectivity index (χ4n) is 3.38. The van der Waals surface area contributed by atoms with Gasteiger partial charge in [0.2, 0.25) is 0 Å². The summed E-state index contributed by atoms with van der Waals surface area (Å²) in [4.78, 5) is 16.9. The molecule has 1 atom stereocenters. The lowest BCUT2D eigenvalue weighted by Gasteiger charge is -2.34. The Bertz CT molecular complexity index is 591. The highest BCUT2D eigenvalue weighted by Gasteiger charge is 2.33. The van der Waals surface area contributed by atoms with E-state index in [9.17, 15) is 9.90 Å². The van der Waals surface area contributed by atoms with Gasteiger partial charge in [0, 0.05) is 44.3 Å². The van der Waals surface area contributed by atoms with Gasteiger partial charge >= 0.3 is 0 Å². The van der Waals surface area contributed by atoms with Crippen LogP contribution in [-0.2, 0) is 5.54 Å². The van der Waals surface area contributed by atoms with Crippen LogP contribution >= 0.6 is 0 Å². The van der Waals surface area contributed by atoms with Gasteiger partial charge in [-0.05, 0) is 46.6 Å². The number of hydrogen-bond acceptors (Lipinski definition) is 4. The molecule has 0 spiro atoms. The molecule has 2 fully saturated rings. The van der Waals surface area contributed by atoms with Gasteiger partial charge in [0.15, 0.2) is 5.69 Å². The highest BCUT2D eigenvalue weighted by atomic mass is 16.3. The largest absolute Gasteiger partial charge is 0.392 e. The number of aromatic nitrogens is 2. The molecule has 1 aromatic heterocycles. The van der Waals surface area contributed by atoms with Crippen molar-refractivity contribution in [2.24, 2.45) is 0 Å². The van der Waals surface area contributed by atoms with E-state index in [2.05, 4.69) is 30.8 Å². The Kier molecular flexibility index (Phi) is 4.71. The number of carbonyl (C=O) groups excluding carboxylic acids is 1. The minimum Gasteiger partial charge on any atom is -0.392 e. The average Bonchev–Trinajstić information content (AvgIpc) is 3.24. The third kappa shape index (κ3) is 3.81. The van der Waals surface area contributed by atoms with E-state index >= 15 is 0 Å². The van der Waals surface area contributed by atoms with Crippen molar-refractivity contribution in [2.45, 2.75) is 58.1 Å². The Balaban J connectivity index is 1.70. The van der Waals surface area contributed by atoms with Crippen molar-refractivity contribution >= 4 is 5.91 Å². The molecule has 1 aliphatic heterocycles. The third-order valence-corrected chi connectivity index (χ3v) is 4.77. The minimum absolute atomic E-state index is 0.0385. The monoisotopic (exact) mass is 334 g/mol. The maximum absolute atomic E-state index is 12.8. The van der Waals surface area contributed by atoms with Crippen LogP contribution < -0.4 is 0 Å². The summed E-state index contributed by atoms with van der Waals surface area (Å²) in [5, 5.41) is 14.1. The summed E-state index contributed by atoms with van der Waals surface area (Å²) >= 11 is 0. The second-order valence-corrected chi connectivity index (χ2v) is 8.25. The van der Waals surface area contributed by atoms with E-state index in [-0.39, 0.29) is 17.6 Å². The van der Waals surface area contributed by atoms with Gasteiger partial charge in [0.1, 0.15) is 0 Å². The summed E-state index contributed by atoms with van der Waals surface area (Å²) < 4.78 is 2.04. The topological polar surface area (TPSA) is 61.6 Å². The smallest absolute Gasteiger partial charge is 0.274 e. The number of rotatable bonds is 4. The van der Waals surface area contributed by atoms with Crippen LogP contribution in [0.3, 0.4) is 0 Å². The predicted octanol–water partition coefficient (Wildman–Crippen LogP) is 1.65. The van der Waals surface area contributed by atoms with E-state index < -0.39 is 0 Å². The fraction of sp³-hybridized carbons (Fsp3) is 0.778. The Morgan fingerprint density at radius 3 is 2.42 bits per heavy atom. The summed E-state index contributed by atoms with van der Waals surface area (Å²) in [5.41, 5.74) is 1.68. The van der Waals surface area contributed by atoms with Crippen molar-refractivity contribution < 1.29 is 9.90 Å². The third-order valence-electron chi connectivity index (χ3n) is 4.77. The van der Waals surface area contributed by atoms with Crippen LogP contribution in [0.15, 0.2) is 6.07 Å². The van der Waals surface area contributed by atoms with Gasteiger partial charge in [0.25, 0.3) is 5.91 Å². The van der Waals surface area contributed by atoms with Gasteiger partial charge in [-0.1, -0.05) is 0 Å². The average molecular weight is 334 g/mol. The van der Waals surface area contributed by atoms with E-state index in [0.29, 0.717) is 31.2 Å². The van der Waals surface area contributed by atoms with Crippen molar-refractivity contribution in [1.29, 1.82) is 0 Å². The zero-order chi connectivity index (χ0) is 17.5. The number of aliphatic hydroxyl groups excluding tert-OH is 1. The lowest BCUT2D eigenvalue weighted by atomic mass is 10.1. The molecular formula is C18H30N4O2. The number of carbonyl (C=O) groups is 1. The Labute approximate surface area is 144 Å². The van der Waals surface area contributed by atoms with E-state index in [1.165, 1.54) is 18.5 Å². The molecule has 6 heteroatoms.